The smallest absolute Gasteiger partial charge is 0.142 e. The second-order valence-electron chi connectivity index (χ2n) is 3.93. The van der Waals surface area contributed by atoms with Gasteiger partial charge in [0.15, 0.2) is 0 Å². The molecule has 0 aliphatic heterocycles. The molecule has 0 saturated carbocycles. The molecule has 3 N–H and O–H groups in total. The highest BCUT2D eigenvalue weighted by atomic mass is 35.5. The minimum Gasteiger partial charge on any atom is -0.271 e. The average Bonchev–Trinajstić information content (AvgIpc) is 2.41. The van der Waals surface area contributed by atoms with Crippen molar-refractivity contribution in [3.8, 4) is 0 Å². The molecule has 2 aromatic rings. The van der Waals surface area contributed by atoms with Crippen LogP contribution in [-0.2, 0) is 6.42 Å². The van der Waals surface area contributed by atoms with Gasteiger partial charge in [0.1, 0.15) is 5.82 Å². The lowest BCUT2D eigenvalue weighted by Gasteiger charge is -2.15. The Morgan fingerprint density at radius 1 is 1.33 bits per heavy atom. The van der Waals surface area contributed by atoms with Crippen molar-refractivity contribution in [2.75, 3.05) is 0 Å². The van der Waals surface area contributed by atoms with Crippen LogP contribution in [0.1, 0.15) is 17.3 Å². The van der Waals surface area contributed by atoms with Gasteiger partial charge >= 0.3 is 0 Å². The van der Waals surface area contributed by atoms with Crippen molar-refractivity contribution >= 4 is 11.6 Å². The van der Waals surface area contributed by atoms with Crippen LogP contribution in [0.4, 0.5) is 4.39 Å². The van der Waals surface area contributed by atoms with Gasteiger partial charge in [-0.2, -0.15) is 0 Å². The summed E-state index contributed by atoms with van der Waals surface area (Å²) in [6, 6.07) is 10.2. The summed E-state index contributed by atoms with van der Waals surface area (Å²) in [7, 11) is 0. The van der Waals surface area contributed by atoms with E-state index in [1.54, 1.807) is 12.3 Å². The SMILES string of the molecule is NNC(Cc1ccc(Cl)c(F)c1)c1ccccn1. The molecule has 1 aromatic heterocycles. The monoisotopic (exact) mass is 265 g/mol. The number of nitrogens with zero attached hydrogens (tertiary/aromatic N) is 1. The van der Waals surface area contributed by atoms with E-state index >= 15 is 0 Å². The molecule has 1 heterocycles. The molecule has 0 spiro atoms. The van der Waals surface area contributed by atoms with Crippen LogP contribution in [0, 0.1) is 5.82 Å². The molecule has 2 rings (SSSR count). The van der Waals surface area contributed by atoms with Crippen molar-refractivity contribution in [2.24, 2.45) is 5.84 Å². The molecular formula is C13H13ClFN3. The van der Waals surface area contributed by atoms with E-state index in [9.17, 15) is 4.39 Å². The molecule has 0 amide bonds. The zero-order valence-corrected chi connectivity index (χ0v) is 10.4. The van der Waals surface area contributed by atoms with Gasteiger partial charge in [-0.25, -0.2) is 4.39 Å². The van der Waals surface area contributed by atoms with Gasteiger partial charge in [0.2, 0.25) is 0 Å². The summed E-state index contributed by atoms with van der Waals surface area (Å²) in [5, 5.41) is 0.119. The number of halogens is 2. The largest absolute Gasteiger partial charge is 0.271 e. The Kier molecular flexibility index (Phi) is 4.25. The molecule has 0 bridgehead atoms. The molecule has 0 aliphatic carbocycles. The van der Waals surface area contributed by atoms with Crippen LogP contribution in [-0.4, -0.2) is 4.98 Å². The molecule has 0 fully saturated rings. The fourth-order valence-electron chi connectivity index (χ4n) is 1.73. The highest BCUT2D eigenvalue weighted by molar-refractivity contribution is 6.30. The number of hydrazine groups is 1. The number of nitrogens with one attached hydrogen (secondary N) is 1. The van der Waals surface area contributed by atoms with Crippen LogP contribution >= 0.6 is 11.6 Å². The Hall–Kier alpha value is -1.49. The molecule has 0 radical (unpaired) electrons. The summed E-state index contributed by atoms with van der Waals surface area (Å²) in [5.41, 5.74) is 4.31. The van der Waals surface area contributed by atoms with Crippen LogP contribution in [0.2, 0.25) is 5.02 Å². The van der Waals surface area contributed by atoms with Crippen molar-refractivity contribution < 1.29 is 4.39 Å². The fourth-order valence-corrected chi connectivity index (χ4v) is 1.85. The second kappa shape index (κ2) is 5.91. The predicted molar refractivity (Wildman–Crippen MR) is 69.4 cm³/mol. The summed E-state index contributed by atoms with van der Waals surface area (Å²) in [6.45, 7) is 0. The van der Waals surface area contributed by atoms with Crippen molar-refractivity contribution in [3.05, 3.63) is 64.7 Å². The first-order valence-electron chi connectivity index (χ1n) is 5.51. The molecular weight excluding hydrogens is 253 g/mol. The zero-order chi connectivity index (χ0) is 13.0. The number of hydrogen-bond donors (Lipinski definition) is 2. The summed E-state index contributed by atoms with van der Waals surface area (Å²) >= 11 is 5.64. The van der Waals surface area contributed by atoms with Crippen molar-refractivity contribution in [1.29, 1.82) is 0 Å². The van der Waals surface area contributed by atoms with Gasteiger partial charge < -0.3 is 0 Å². The molecule has 0 saturated heterocycles. The maximum atomic E-state index is 13.3. The van der Waals surface area contributed by atoms with E-state index < -0.39 is 5.82 Å². The number of pyridine rings is 1. The standard InChI is InChI=1S/C13H13ClFN3/c14-10-5-4-9(7-11(10)15)8-13(18-16)12-3-1-2-6-17-12/h1-7,13,18H,8,16H2. The summed E-state index contributed by atoms with van der Waals surface area (Å²) < 4.78 is 13.3. The van der Waals surface area contributed by atoms with Gasteiger partial charge in [-0.1, -0.05) is 23.7 Å². The number of benzene rings is 1. The van der Waals surface area contributed by atoms with Gasteiger partial charge in [0, 0.05) is 6.20 Å². The lowest BCUT2D eigenvalue weighted by atomic mass is 10.0. The third-order valence-corrected chi connectivity index (χ3v) is 2.98. The Morgan fingerprint density at radius 3 is 2.78 bits per heavy atom. The van der Waals surface area contributed by atoms with E-state index in [4.69, 9.17) is 17.4 Å². The first kappa shape index (κ1) is 13.0. The van der Waals surface area contributed by atoms with Gasteiger partial charge in [-0.15, -0.1) is 0 Å². The molecule has 1 atom stereocenters. The van der Waals surface area contributed by atoms with E-state index in [0.717, 1.165) is 11.3 Å². The van der Waals surface area contributed by atoms with Crippen molar-refractivity contribution in [1.82, 2.24) is 10.4 Å². The maximum absolute atomic E-state index is 13.3. The zero-order valence-electron chi connectivity index (χ0n) is 9.61. The number of rotatable bonds is 4. The van der Waals surface area contributed by atoms with E-state index in [1.807, 2.05) is 18.2 Å². The van der Waals surface area contributed by atoms with Gasteiger partial charge in [-0.3, -0.25) is 16.3 Å². The van der Waals surface area contributed by atoms with Crippen LogP contribution in [0.15, 0.2) is 42.6 Å². The van der Waals surface area contributed by atoms with Gasteiger partial charge in [0.25, 0.3) is 0 Å². The normalized spacial score (nSPS) is 12.4. The summed E-state index contributed by atoms with van der Waals surface area (Å²) in [6.07, 6.45) is 2.24. The van der Waals surface area contributed by atoms with Gasteiger partial charge in [0.05, 0.1) is 16.8 Å². The Balaban J connectivity index is 2.18. The number of hydrogen-bond acceptors (Lipinski definition) is 3. The first-order chi connectivity index (χ1) is 8.70. The minimum atomic E-state index is -0.425. The lowest BCUT2D eigenvalue weighted by Crippen LogP contribution is -2.30. The third kappa shape index (κ3) is 3.04. The van der Waals surface area contributed by atoms with E-state index in [2.05, 4.69) is 10.4 Å². The van der Waals surface area contributed by atoms with Crippen LogP contribution in [0.25, 0.3) is 0 Å². The van der Waals surface area contributed by atoms with E-state index in [0.29, 0.717) is 6.42 Å². The quantitative estimate of drug-likeness (QED) is 0.660. The molecule has 5 heteroatoms. The molecule has 18 heavy (non-hydrogen) atoms. The van der Waals surface area contributed by atoms with E-state index in [1.165, 1.54) is 12.1 Å². The third-order valence-electron chi connectivity index (χ3n) is 2.67. The molecule has 94 valence electrons. The van der Waals surface area contributed by atoms with Gasteiger partial charge in [-0.05, 0) is 36.2 Å². The maximum Gasteiger partial charge on any atom is 0.142 e. The second-order valence-corrected chi connectivity index (χ2v) is 4.33. The topological polar surface area (TPSA) is 50.9 Å². The highest BCUT2D eigenvalue weighted by Gasteiger charge is 2.12. The van der Waals surface area contributed by atoms with Crippen molar-refractivity contribution in [3.63, 3.8) is 0 Å². The molecule has 0 aliphatic rings. The Labute approximate surface area is 110 Å². The summed E-state index contributed by atoms with van der Waals surface area (Å²) in [4.78, 5) is 4.22. The van der Waals surface area contributed by atoms with Crippen LogP contribution in [0.5, 0.6) is 0 Å². The average molecular weight is 266 g/mol. The van der Waals surface area contributed by atoms with Crippen LogP contribution in [0.3, 0.4) is 0 Å². The number of aromatic nitrogens is 1. The summed E-state index contributed by atoms with van der Waals surface area (Å²) in [5.74, 6) is 5.09. The fraction of sp³-hybridized carbons (Fsp3) is 0.154. The van der Waals surface area contributed by atoms with E-state index in [-0.39, 0.29) is 11.1 Å². The predicted octanol–water partition coefficient (Wildman–Crippen LogP) is 2.62. The minimum absolute atomic E-state index is 0.119. The number of nitrogens with two attached hydrogens (primary N) is 1. The van der Waals surface area contributed by atoms with Crippen LogP contribution < -0.4 is 11.3 Å². The molecule has 1 aromatic carbocycles. The molecule has 3 nitrogen and oxygen atoms in total. The molecule has 1 unspecified atom stereocenters. The highest BCUT2D eigenvalue weighted by Crippen LogP contribution is 2.20. The lowest BCUT2D eigenvalue weighted by molar-refractivity contribution is 0.535. The Bertz CT molecular complexity index is 519. The Morgan fingerprint density at radius 2 is 2.17 bits per heavy atom. The first-order valence-corrected chi connectivity index (χ1v) is 5.89. The van der Waals surface area contributed by atoms with Crippen molar-refractivity contribution in [2.45, 2.75) is 12.5 Å².